The molecule has 36 heavy (non-hydrogen) atoms. The number of ether oxygens (including phenoxy) is 1. The van der Waals surface area contributed by atoms with Crippen molar-refractivity contribution in [2.45, 2.75) is 26.3 Å². The SMILES string of the molecule is CCCc1nc2ccc(-c3ccc4c(c3)CN(c3cc(Nc5ccccc5)ncn3)CCO4)cc2[nH]1. The quantitative estimate of drug-likeness (QED) is 0.308. The van der Waals surface area contributed by atoms with Gasteiger partial charge in [0.25, 0.3) is 0 Å². The summed E-state index contributed by atoms with van der Waals surface area (Å²) in [4.78, 5) is 19.4. The Bertz CT molecular complexity index is 1500. The number of H-pyrrole nitrogens is 1. The lowest BCUT2D eigenvalue weighted by Crippen LogP contribution is -2.26. The van der Waals surface area contributed by atoms with Gasteiger partial charge in [-0.1, -0.05) is 37.3 Å². The molecule has 0 spiro atoms. The molecular weight excluding hydrogens is 448 g/mol. The second kappa shape index (κ2) is 9.70. The van der Waals surface area contributed by atoms with Crippen molar-refractivity contribution < 1.29 is 4.74 Å². The number of imidazole rings is 1. The van der Waals surface area contributed by atoms with Gasteiger partial charge in [-0.05, 0) is 53.9 Å². The van der Waals surface area contributed by atoms with Crippen LogP contribution < -0.4 is 15.0 Å². The average Bonchev–Trinajstić information content (AvgIpc) is 3.18. The maximum atomic E-state index is 6.10. The van der Waals surface area contributed by atoms with Crippen LogP contribution in [0.1, 0.15) is 24.7 Å². The van der Waals surface area contributed by atoms with Gasteiger partial charge in [-0.3, -0.25) is 0 Å². The standard InChI is InChI=1S/C29H28N6O/c1-2-6-27-33-24-11-9-21(16-25(24)34-27)20-10-12-26-22(15-20)18-35(13-14-36-26)29-17-28(30-19-31-29)32-23-7-4-3-5-8-23/h3-5,7-12,15-17,19H,2,6,13-14,18H2,1H3,(H,33,34)(H,30,31,32). The van der Waals surface area contributed by atoms with E-state index in [0.29, 0.717) is 13.2 Å². The monoisotopic (exact) mass is 476 g/mol. The number of aromatic nitrogens is 4. The lowest BCUT2D eigenvalue weighted by atomic mass is 10.0. The topological polar surface area (TPSA) is 79.0 Å². The molecule has 180 valence electrons. The predicted molar refractivity (Wildman–Crippen MR) is 144 cm³/mol. The number of aryl methyl sites for hydroxylation is 1. The molecule has 0 amide bonds. The third-order valence-corrected chi connectivity index (χ3v) is 6.41. The highest BCUT2D eigenvalue weighted by molar-refractivity contribution is 5.82. The van der Waals surface area contributed by atoms with E-state index in [1.807, 2.05) is 36.4 Å². The molecule has 3 heterocycles. The van der Waals surface area contributed by atoms with Crippen molar-refractivity contribution in [2.24, 2.45) is 0 Å². The van der Waals surface area contributed by atoms with E-state index in [2.05, 4.69) is 68.5 Å². The van der Waals surface area contributed by atoms with Crippen LogP contribution >= 0.6 is 0 Å². The van der Waals surface area contributed by atoms with Crippen molar-refractivity contribution in [2.75, 3.05) is 23.4 Å². The van der Waals surface area contributed by atoms with Crippen molar-refractivity contribution in [1.82, 2.24) is 19.9 Å². The first kappa shape index (κ1) is 22.1. The summed E-state index contributed by atoms with van der Waals surface area (Å²) in [5.41, 5.74) is 6.52. The number of anilines is 3. The number of hydrogen-bond donors (Lipinski definition) is 2. The van der Waals surface area contributed by atoms with Crippen LogP contribution in [0.4, 0.5) is 17.3 Å². The molecule has 0 bridgehead atoms. The number of nitrogens with zero attached hydrogens (tertiary/aromatic N) is 4. The van der Waals surface area contributed by atoms with Gasteiger partial charge >= 0.3 is 0 Å². The Labute approximate surface area is 210 Å². The van der Waals surface area contributed by atoms with Crippen LogP contribution in [0.3, 0.4) is 0 Å². The van der Waals surface area contributed by atoms with Crippen LogP contribution in [0.15, 0.2) is 79.1 Å². The highest BCUT2D eigenvalue weighted by Gasteiger charge is 2.18. The smallest absolute Gasteiger partial charge is 0.135 e. The number of fused-ring (bicyclic) bond motifs is 2. The summed E-state index contributed by atoms with van der Waals surface area (Å²) in [5, 5.41) is 3.36. The van der Waals surface area contributed by atoms with Crippen LogP contribution in [-0.2, 0) is 13.0 Å². The molecule has 6 rings (SSSR count). The van der Waals surface area contributed by atoms with Crippen LogP contribution in [0.25, 0.3) is 22.2 Å². The zero-order valence-electron chi connectivity index (χ0n) is 20.2. The van der Waals surface area contributed by atoms with E-state index in [9.17, 15) is 0 Å². The van der Waals surface area contributed by atoms with E-state index in [0.717, 1.165) is 76.0 Å². The maximum Gasteiger partial charge on any atom is 0.135 e. The summed E-state index contributed by atoms with van der Waals surface area (Å²) in [6.07, 6.45) is 3.64. The van der Waals surface area contributed by atoms with Crippen molar-refractivity contribution in [3.63, 3.8) is 0 Å². The molecule has 0 aliphatic carbocycles. The van der Waals surface area contributed by atoms with E-state index < -0.39 is 0 Å². The fraction of sp³-hybridized carbons (Fsp3) is 0.207. The molecule has 0 fully saturated rings. The van der Waals surface area contributed by atoms with Crippen LogP contribution in [0.2, 0.25) is 0 Å². The molecule has 7 nitrogen and oxygen atoms in total. The Morgan fingerprint density at radius 3 is 2.72 bits per heavy atom. The minimum absolute atomic E-state index is 0.595. The number of aromatic amines is 1. The number of hydrogen-bond acceptors (Lipinski definition) is 6. The Kier molecular flexibility index (Phi) is 5.95. The van der Waals surface area contributed by atoms with Gasteiger partial charge in [0.05, 0.1) is 17.6 Å². The van der Waals surface area contributed by atoms with Crippen molar-refractivity contribution >= 4 is 28.4 Å². The van der Waals surface area contributed by atoms with Gasteiger partial charge in [-0.25, -0.2) is 15.0 Å². The third kappa shape index (κ3) is 4.60. The first-order chi connectivity index (χ1) is 17.7. The summed E-state index contributed by atoms with van der Waals surface area (Å²) < 4.78 is 6.10. The zero-order chi connectivity index (χ0) is 24.3. The summed E-state index contributed by atoms with van der Waals surface area (Å²) in [6, 6.07) is 24.9. The lowest BCUT2D eigenvalue weighted by Gasteiger charge is -2.21. The number of benzene rings is 3. The Morgan fingerprint density at radius 1 is 0.972 bits per heavy atom. The highest BCUT2D eigenvalue weighted by Crippen LogP contribution is 2.32. The fourth-order valence-corrected chi connectivity index (χ4v) is 4.62. The maximum absolute atomic E-state index is 6.10. The molecule has 2 N–H and O–H groups in total. The first-order valence-corrected chi connectivity index (χ1v) is 12.4. The minimum Gasteiger partial charge on any atom is -0.491 e. The van der Waals surface area contributed by atoms with Gasteiger partial charge in [0.15, 0.2) is 0 Å². The van der Waals surface area contributed by atoms with Gasteiger partial charge in [0.2, 0.25) is 0 Å². The number of nitrogens with one attached hydrogen (secondary N) is 2. The molecule has 1 aliphatic rings. The minimum atomic E-state index is 0.595. The molecule has 7 heteroatoms. The van der Waals surface area contributed by atoms with Crippen molar-refractivity contribution in [3.8, 4) is 16.9 Å². The Balaban J connectivity index is 1.27. The van der Waals surface area contributed by atoms with Gasteiger partial charge < -0.3 is 19.9 Å². The molecular formula is C29H28N6O. The Hall–Kier alpha value is -4.39. The van der Waals surface area contributed by atoms with Crippen LogP contribution in [0.5, 0.6) is 5.75 Å². The normalized spacial score (nSPS) is 13.2. The summed E-state index contributed by atoms with van der Waals surface area (Å²) >= 11 is 0. The molecule has 5 aromatic rings. The van der Waals surface area contributed by atoms with Gasteiger partial charge in [-0.2, -0.15) is 0 Å². The molecule has 1 aliphatic heterocycles. The molecule has 3 aromatic carbocycles. The fourth-order valence-electron chi connectivity index (χ4n) is 4.62. The average molecular weight is 477 g/mol. The number of para-hydroxylation sites is 1. The van der Waals surface area contributed by atoms with Gasteiger partial charge in [0, 0.05) is 30.3 Å². The molecule has 0 atom stereocenters. The second-order valence-corrected chi connectivity index (χ2v) is 9.01. The van der Waals surface area contributed by atoms with Gasteiger partial charge in [-0.15, -0.1) is 0 Å². The van der Waals surface area contributed by atoms with E-state index in [1.54, 1.807) is 6.33 Å². The zero-order valence-corrected chi connectivity index (χ0v) is 20.2. The molecule has 2 aromatic heterocycles. The predicted octanol–water partition coefficient (Wildman–Crippen LogP) is 6.12. The summed E-state index contributed by atoms with van der Waals surface area (Å²) in [6.45, 7) is 4.21. The van der Waals surface area contributed by atoms with E-state index >= 15 is 0 Å². The van der Waals surface area contributed by atoms with Crippen LogP contribution in [0, 0.1) is 0 Å². The van der Waals surface area contributed by atoms with E-state index in [1.165, 1.54) is 0 Å². The first-order valence-electron chi connectivity index (χ1n) is 12.4. The van der Waals surface area contributed by atoms with Crippen LogP contribution in [-0.4, -0.2) is 33.1 Å². The Morgan fingerprint density at radius 2 is 1.83 bits per heavy atom. The van der Waals surface area contributed by atoms with Crippen molar-refractivity contribution in [1.29, 1.82) is 0 Å². The van der Waals surface area contributed by atoms with E-state index in [-0.39, 0.29) is 0 Å². The molecule has 0 saturated heterocycles. The molecule has 0 unspecified atom stereocenters. The third-order valence-electron chi connectivity index (χ3n) is 6.41. The lowest BCUT2D eigenvalue weighted by molar-refractivity contribution is 0.331. The van der Waals surface area contributed by atoms with Crippen molar-refractivity contribution in [3.05, 3.63) is 90.5 Å². The van der Waals surface area contributed by atoms with E-state index in [4.69, 9.17) is 9.72 Å². The summed E-state index contributed by atoms with van der Waals surface area (Å²) in [7, 11) is 0. The van der Waals surface area contributed by atoms with Gasteiger partial charge in [0.1, 0.15) is 36.1 Å². The molecule has 0 saturated carbocycles. The second-order valence-electron chi connectivity index (χ2n) is 9.01. The summed E-state index contributed by atoms with van der Waals surface area (Å²) in [5.74, 6) is 3.60. The highest BCUT2D eigenvalue weighted by atomic mass is 16.5. The number of rotatable bonds is 6. The largest absolute Gasteiger partial charge is 0.491 e. The molecule has 0 radical (unpaired) electrons.